The molecule has 9 nitrogen and oxygen atoms in total. The molecule has 0 bridgehead atoms. The Labute approximate surface area is 199 Å². The van der Waals surface area contributed by atoms with Gasteiger partial charge in [0.05, 0.1) is 6.33 Å². The fraction of sp³-hybridized carbons (Fsp3) is 0.792. The Morgan fingerprint density at radius 2 is 1.39 bits per heavy atom. The van der Waals surface area contributed by atoms with Crippen LogP contribution in [0.4, 0.5) is 0 Å². The summed E-state index contributed by atoms with van der Waals surface area (Å²) >= 11 is 0. The summed E-state index contributed by atoms with van der Waals surface area (Å²) in [6.45, 7) is 6.52. The number of hydrogen-bond acceptors (Lipinski definition) is 6. The summed E-state index contributed by atoms with van der Waals surface area (Å²) in [7, 11) is 0. The van der Waals surface area contributed by atoms with Crippen molar-refractivity contribution in [3.63, 3.8) is 0 Å². The number of rotatable bonds is 16. The molecule has 194 valence electrons. The molecule has 0 saturated heterocycles. The number of carbonyl (C=O) groups is 2. The zero-order valence-corrected chi connectivity index (χ0v) is 20.8. The first-order chi connectivity index (χ1) is 15.6. The number of H-pyrrole nitrogens is 1. The quantitative estimate of drug-likeness (QED) is 0.197. The van der Waals surface area contributed by atoms with Gasteiger partial charge in [0.1, 0.15) is 12.1 Å². The zero-order chi connectivity index (χ0) is 25.5. The fourth-order valence-corrected chi connectivity index (χ4v) is 2.93. The van der Waals surface area contributed by atoms with Crippen LogP contribution in [0.5, 0.6) is 0 Å². The van der Waals surface area contributed by atoms with Crippen molar-refractivity contribution in [3.05, 3.63) is 18.2 Å². The van der Waals surface area contributed by atoms with Crippen LogP contribution in [0.2, 0.25) is 0 Å². The predicted octanol–water partition coefficient (Wildman–Crippen LogP) is 3.71. The second-order valence-corrected chi connectivity index (χ2v) is 8.71. The van der Waals surface area contributed by atoms with Gasteiger partial charge in [-0.05, 0) is 18.8 Å². The van der Waals surface area contributed by atoms with Crippen molar-refractivity contribution in [2.45, 2.75) is 110 Å². The molecule has 0 radical (unpaired) electrons. The lowest BCUT2D eigenvalue weighted by Crippen LogP contribution is -2.32. The van der Waals surface area contributed by atoms with E-state index in [1.807, 2.05) is 13.8 Å². The highest BCUT2D eigenvalue weighted by atomic mass is 16.4. The second-order valence-electron chi connectivity index (χ2n) is 8.71. The van der Waals surface area contributed by atoms with Gasteiger partial charge in [-0.3, -0.25) is 9.59 Å². The normalized spacial score (nSPS) is 12.2. The first-order valence-electron chi connectivity index (χ1n) is 12.2. The Morgan fingerprint density at radius 3 is 1.73 bits per heavy atom. The topological polar surface area (TPSA) is 176 Å². The zero-order valence-electron chi connectivity index (χ0n) is 20.8. The molecule has 0 aliphatic carbocycles. The number of nitrogens with zero attached hydrogens (tertiary/aromatic N) is 1. The van der Waals surface area contributed by atoms with Crippen molar-refractivity contribution in [2.75, 3.05) is 6.61 Å². The molecule has 0 fully saturated rings. The summed E-state index contributed by atoms with van der Waals surface area (Å²) in [4.78, 5) is 26.9. The standard InChI is InChI=1S/C12H26O.C6H9N3O2.C6H13NO2/c1-2-3-4-5-6-7-8-9-10-11-12-13;7-5(6(10)11)1-4-2-8-3-9-4;1-4(2)3-5(7)6(8)9/h13H,2-12H2,1H3;2-3,5H,1,7H2,(H,8,9)(H,10,11);4-5H,3,7H2,1-2H3,(H,8,9). The van der Waals surface area contributed by atoms with Crippen molar-refractivity contribution >= 4 is 11.9 Å². The van der Waals surface area contributed by atoms with Crippen molar-refractivity contribution in [3.8, 4) is 0 Å². The van der Waals surface area contributed by atoms with Gasteiger partial charge in [0.15, 0.2) is 0 Å². The van der Waals surface area contributed by atoms with Crippen LogP contribution in [-0.4, -0.2) is 55.9 Å². The maximum absolute atomic E-state index is 10.3. The highest BCUT2D eigenvalue weighted by molar-refractivity contribution is 5.73. The molecule has 2 atom stereocenters. The van der Waals surface area contributed by atoms with Crippen LogP contribution in [0.1, 0.15) is 97.1 Å². The lowest BCUT2D eigenvalue weighted by molar-refractivity contribution is -0.139. The van der Waals surface area contributed by atoms with Gasteiger partial charge < -0.3 is 31.8 Å². The Hall–Kier alpha value is -1.97. The number of aliphatic carboxylic acids is 2. The number of nitrogens with two attached hydrogens (primary N) is 2. The summed E-state index contributed by atoms with van der Waals surface area (Å²) in [6.07, 6.45) is 17.2. The number of unbranched alkanes of at least 4 members (excludes halogenated alkanes) is 9. The molecule has 1 rings (SSSR count). The smallest absolute Gasteiger partial charge is 0.320 e. The van der Waals surface area contributed by atoms with E-state index in [2.05, 4.69) is 16.9 Å². The molecule has 0 amide bonds. The third kappa shape index (κ3) is 24.5. The maximum Gasteiger partial charge on any atom is 0.320 e. The largest absolute Gasteiger partial charge is 0.480 e. The average Bonchev–Trinajstić information content (AvgIpc) is 3.26. The van der Waals surface area contributed by atoms with E-state index in [4.69, 9.17) is 26.8 Å². The molecular formula is C24H48N4O5. The number of aliphatic hydroxyl groups is 1. The highest BCUT2D eigenvalue weighted by Crippen LogP contribution is 2.10. The van der Waals surface area contributed by atoms with E-state index in [-0.39, 0.29) is 6.42 Å². The van der Waals surface area contributed by atoms with Gasteiger partial charge in [-0.2, -0.15) is 0 Å². The van der Waals surface area contributed by atoms with E-state index in [1.54, 1.807) is 6.20 Å². The van der Waals surface area contributed by atoms with Crippen LogP contribution >= 0.6 is 0 Å². The number of aliphatic hydroxyl groups excluding tert-OH is 1. The highest BCUT2D eigenvalue weighted by Gasteiger charge is 2.12. The Kier molecular flexibility index (Phi) is 23.3. The number of imidazole rings is 1. The molecule has 9 heteroatoms. The molecule has 0 spiro atoms. The maximum atomic E-state index is 10.3. The summed E-state index contributed by atoms with van der Waals surface area (Å²) in [5.41, 5.74) is 11.2. The molecule has 1 aromatic heterocycles. The number of nitrogens with one attached hydrogen (secondary N) is 1. The van der Waals surface area contributed by atoms with Crippen molar-refractivity contribution in [2.24, 2.45) is 17.4 Å². The van der Waals surface area contributed by atoms with Gasteiger partial charge in [-0.15, -0.1) is 0 Å². The van der Waals surface area contributed by atoms with E-state index < -0.39 is 24.0 Å². The van der Waals surface area contributed by atoms with Crippen LogP contribution in [0.15, 0.2) is 12.5 Å². The molecule has 0 aromatic carbocycles. The summed E-state index contributed by atoms with van der Waals surface area (Å²) in [6, 6.07) is -1.54. The first kappa shape index (κ1) is 33.2. The minimum atomic E-state index is -1.00. The SMILES string of the molecule is CC(C)CC(N)C(=O)O.CCCCCCCCCCCCO.NC(Cc1cnc[nH]1)C(=O)O. The summed E-state index contributed by atoms with van der Waals surface area (Å²) < 4.78 is 0. The van der Waals surface area contributed by atoms with E-state index in [1.165, 1.54) is 64.1 Å². The molecule has 1 aromatic rings. The van der Waals surface area contributed by atoms with E-state index in [0.29, 0.717) is 18.9 Å². The van der Waals surface area contributed by atoms with Crippen molar-refractivity contribution < 1.29 is 24.9 Å². The fourth-order valence-electron chi connectivity index (χ4n) is 2.93. The van der Waals surface area contributed by atoms with Crippen molar-refractivity contribution in [1.29, 1.82) is 0 Å². The predicted molar refractivity (Wildman–Crippen MR) is 132 cm³/mol. The van der Waals surface area contributed by atoms with Crippen LogP contribution < -0.4 is 11.5 Å². The number of hydrogen-bond donors (Lipinski definition) is 6. The van der Waals surface area contributed by atoms with Crippen LogP contribution in [0.3, 0.4) is 0 Å². The Morgan fingerprint density at radius 1 is 0.909 bits per heavy atom. The monoisotopic (exact) mass is 472 g/mol. The van der Waals surface area contributed by atoms with E-state index >= 15 is 0 Å². The second kappa shape index (κ2) is 23.2. The summed E-state index contributed by atoms with van der Waals surface area (Å²) in [5.74, 6) is -1.56. The minimum absolute atomic E-state index is 0.287. The number of carboxylic acids is 2. The van der Waals surface area contributed by atoms with Gasteiger partial charge in [-0.1, -0.05) is 78.6 Å². The lowest BCUT2D eigenvalue weighted by atomic mass is 10.1. The Balaban J connectivity index is 0. The van der Waals surface area contributed by atoms with Crippen LogP contribution in [0, 0.1) is 5.92 Å². The number of aromatic amines is 1. The minimum Gasteiger partial charge on any atom is -0.480 e. The molecular weight excluding hydrogens is 424 g/mol. The van der Waals surface area contributed by atoms with Gasteiger partial charge in [0.25, 0.3) is 0 Å². The molecule has 0 saturated carbocycles. The van der Waals surface area contributed by atoms with Gasteiger partial charge >= 0.3 is 11.9 Å². The van der Waals surface area contributed by atoms with Gasteiger partial charge in [0, 0.05) is 24.9 Å². The van der Waals surface area contributed by atoms with E-state index in [9.17, 15) is 9.59 Å². The first-order valence-corrected chi connectivity index (χ1v) is 12.2. The van der Waals surface area contributed by atoms with Gasteiger partial charge in [0.2, 0.25) is 0 Å². The molecule has 2 unspecified atom stereocenters. The summed E-state index contributed by atoms with van der Waals surface area (Å²) in [5, 5.41) is 25.3. The number of aromatic nitrogens is 2. The van der Waals surface area contributed by atoms with Crippen LogP contribution in [0.25, 0.3) is 0 Å². The third-order valence-corrected chi connectivity index (χ3v) is 4.87. The molecule has 8 N–H and O–H groups in total. The van der Waals surface area contributed by atoms with E-state index in [0.717, 1.165) is 12.1 Å². The Bertz CT molecular complexity index is 557. The van der Waals surface area contributed by atoms with Crippen molar-refractivity contribution in [1.82, 2.24) is 9.97 Å². The third-order valence-electron chi connectivity index (χ3n) is 4.87. The van der Waals surface area contributed by atoms with Crippen LogP contribution in [-0.2, 0) is 16.0 Å². The average molecular weight is 473 g/mol. The van der Waals surface area contributed by atoms with Gasteiger partial charge in [-0.25, -0.2) is 4.98 Å². The molecule has 0 aliphatic rings. The molecule has 33 heavy (non-hydrogen) atoms. The molecule has 0 aliphatic heterocycles. The number of carboxylic acid groups (broad SMARTS) is 2. The lowest BCUT2D eigenvalue weighted by Gasteiger charge is -2.07. The molecule has 1 heterocycles.